The van der Waals surface area contributed by atoms with E-state index in [0.29, 0.717) is 11.4 Å². The van der Waals surface area contributed by atoms with Gasteiger partial charge in [-0.25, -0.2) is 9.37 Å². The second kappa shape index (κ2) is 5.40. The minimum absolute atomic E-state index is 0.230. The van der Waals surface area contributed by atoms with E-state index in [2.05, 4.69) is 10.3 Å². The molecule has 0 radical (unpaired) electrons. The standard InChI is InChI=1S/C17H17FN2O2/c1-11-3-8-14(16(19-11)22-2)15(21)20-17(9-10-17)12-4-6-13(18)7-5-12/h3-8H,9-10H2,1-2H3,(H,20,21). The topological polar surface area (TPSA) is 51.2 Å². The van der Waals surface area contributed by atoms with Crippen LogP contribution < -0.4 is 10.1 Å². The third-order valence-electron chi connectivity index (χ3n) is 3.94. The number of carbonyl (C=O) groups is 1. The fourth-order valence-corrected chi connectivity index (χ4v) is 2.53. The average molecular weight is 300 g/mol. The number of methoxy groups -OCH3 is 1. The summed E-state index contributed by atoms with van der Waals surface area (Å²) in [5.41, 5.74) is 1.71. The quantitative estimate of drug-likeness (QED) is 0.944. The molecular weight excluding hydrogens is 283 g/mol. The van der Waals surface area contributed by atoms with Gasteiger partial charge < -0.3 is 10.1 Å². The predicted molar refractivity (Wildman–Crippen MR) is 80.3 cm³/mol. The van der Waals surface area contributed by atoms with Crippen LogP contribution in [0.5, 0.6) is 5.88 Å². The summed E-state index contributed by atoms with van der Waals surface area (Å²) < 4.78 is 18.2. The Morgan fingerprint density at radius 1 is 1.23 bits per heavy atom. The van der Waals surface area contributed by atoms with Gasteiger partial charge in [-0.3, -0.25) is 4.79 Å². The number of ether oxygens (including phenoxy) is 1. The van der Waals surface area contributed by atoms with Crippen LogP contribution in [0.3, 0.4) is 0 Å². The van der Waals surface area contributed by atoms with Crippen LogP contribution in [-0.2, 0) is 5.54 Å². The Bertz CT molecular complexity index is 709. The van der Waals surface area contributed by atoms with E-state index in [1.807, 2.05) is 6.92 Å². The van der Waals surface area contributed by atoms with Gasteiger partial charge >= 0.3 is 0 Å². The lowest BCUT2D eigenvalue weighted by atomic mass is 10.0. The van der Waals surface area contributed by atoms with Crippen LogP contribution in [0.2, 0.25) is 0 Å². The number of aromatic nitrogens is 1. The maximum Gasteiger partial charge on any atom is 0.257 e. The van der Waals surface area contributed by atoms with Crippen molar-refractivity contribution in [3.8, 4) is 5.88 Å². The van der Waals surface area contributed by atoms with Crippen LogP contribution in [0.15, 0.2) is 36.4 Å². The van der Waals surface area contributed by atoms with E-state index in [1.54, 1.807) is 24.3 Å². The SMILES string of the molecule is COc1nc(C)ccc1C(=O)NC1(c2ccc(F)cc2)CC1. The zero-order valence-corrected chi connectivity index (χ0v) is 12.5. The molecule has 1 aliphatic rings. The molecular formula is C17H17FN2O2. The summed E-state index contributed by atoms with van der Waals surface area (Å²) in [6, 6.07) is 9.73. The van der Waals surface area contributed by atoms with Gasteiger partial charge in [-0.15, -0.1) is 0 Å². The largest absolute Gasteiger partial charge is 0.480 e. The van der Waals surface area contributed by atoms with Crippen molar-refractivity contribution >= 4 is 5.91 Å². The van der Waals surface area contributed by atoms with Crippen molar-refractivity contribution < 1.29 is 13.9 Å². The summed E-state index contributed by atoms with van der Waals surface area (Å²) in [6.07, 6.45) is 1.68. The molecule has 0 unspecified atom stereocenters. The Morgan fingerprint density at radius 3 is 2.50 bits per heavy atom. The van der Waals surface area contributed by atoms with E-state index in [0.717, 1.165) is 24.1 Å². The first-order valence-electron chi connectivity index (χ1n) is 7.14. The summed E-state index contributed by atoms with van der Waals surface area (Å²) in [4.78, 5) is 16.7. The van der Waals surface area contributed by atoms with E-state index in [-0.39, 0.29) is 11.7 Å². The number of pyridine rings is 1. The summed E-state index contributed by atoms with van der Waals surface area (Å²) in [5, 5.41) is 3.03. The summed E-state index contributed by atoms with van der Waals surface area (Å²) in [5.74, 6) is -0.200. The molecule has 1 amide bonds. The number of nitrogens with one attached hydrogen (secondary N) is 1. The van der Waals surface area contributed by atoms with Gasteiger partial charge in [0, 0.05) is 5.69 Å². The minimum atomic E-state index is -0.402. The summed E-state index contributed by atoms with van der Waals surface area (Å²) in [6.45, 7) is 1.84. The molecule has 0 saturated heterocycles. The third-order valence-corrected chi connectivity index (χ3v) is 3.94. The number of amides is 1. The molecule has 0 atom stereocenters. The first-order valence-corrected chi connectivity index (χ1v) is 7.14. The molecule has 2 aromatic rings. The molecule has 4 nitrogen and oxygen atoms in total. The number of benzene rings is 1. The van der Waals surface area contributed by atoms with Crippen LogP contribution in [0.25, 0.3) is 0 Å². The van der Waals surface area contributed by atoms with Crippen LogP contribution in [0, 0.1) is 12.7 Å². The van der Waals surface area contributed by atoms with Crippen molar-refractivity contribution in [1.82, 2.24) is 10.3 Å². The molecule has 5 heteroatoms. The third kappa shape index (κ3) is 2.66. The fourth-order valence-electron chi connectivity index (χ4n) is 2.53. The van der Waals surface area contributed by atoms with Gasteiger partial charge in [-0.2, -0.15) is 0 Å². The Balaban J connectivity index is 1.84. The monoisotopic (exact) mass is 300 g/mol. The van der Waals surface area contributed by atoms with E-state index in [4.69, 9.17) is 4.74 Å². The second-order valence-corrected chi connectivity index (χ2v) is 5.55. The van der Waals surface area contributed by atoms with Gasteiger partial charge in [-0.1, -0.05) is 12.1 Å². The lowest BCUT2D eigenvalue weighted by molar-refractivity contribution is 0.0927. The molecule has 1 aliphatic carbocycles. The molecule has 1 N–H and O–H groups in total. The number of carbonyl (C=O) groups excluding carboxylic acids is 1. The van der Waals surface area contributed by atoms with Gasteiger partial charge in [0.2, 0.25) is 5.88 Å². The maximum absolute atomic E-state index is 13.0. The Labute approximate surface area is 128 Å². The van der Waals surface area contributed by atoms with E-state index in [1.165, 1.54) is 19.2 Å². The fraction of sp³-hybridized carbons (Fsp3) is 0.294. The number of nitrogens with zero attached hydrogens (tertiary/aromatic N) is 1. The number of rotatable bonds is 4. The molecule has 22 heavy (non-hydrogen) atoms. The van der Waals surface area contributed by atoms with E-state index in [9.17, 15) is 9.18 Å². The van der Waals surface area contributed by atoms with E-state index >= 15 is 0 Å². The van der Waals surface area contributed by atoms with Crippen LogP contribution in [0.1, 0.15) is 34.5 Å². The lowest BCUT2D eigenvalue weighted by Gasteiger charge is -2.18. The summed E-state index contributed by atoms with van der Waals surface area (Å²) in [7, 11) is 1.49. The molecule has 1 fully saturated rings. The molecule has 114 valence electrons. The highest BCUT2D eigenvalue weighted by molar-refractivity contribution is 5.97. The van der Waals surface area contributed by atoms with Crippen molar-refractivity contribution in [1.29, 1.82) is 0 Å². The second-order valence-electron chi connectivity index (χ2n) is 5.55. The summed E-state index contributed by atoms with van der Waals surface area (Å²) >= 11 is 0. The Morgan fingerprint density at radius 2 is 1.91 bits per heavy atom. The van der Waals surface area contributed by atoms with E-state index < -0.39 is 5.54 Å². The number of halogens is 1. The van der Waals surface area contributed by atoms with Gasteiger partial charge in [0.25, 0.3) is 5.91 Å². The predicted octanol–water partition coefficient (Wildman–Crippen LogP) is 2.96. The molecule has 0 spiro atoms. The highest BCUT2D eigenvalue weighted by Crippen LogP contribution is 2.45. The number of hydrogen-bond acceptors (Lipinski definition) is 3. The molecule has 0 aliphatic heterocycles. The van der Waals surface area contributed by atoms with Crippen molar-refractivity contribution in [2.75, 3.05) is 7.11 Å². The molecule has 1 aromatic carbocycles. The molecule has 1 saturated carbocycles. The zero-order valence-electron chi connectivity index (χ0n) is 12.5. The van der Waals surface area contributed by atoms with Gasteiger partial charge in [0.1, 0.15) is 11.4 Å². The normalized spacial score (nSPS) is 15.2. The molecule has 1 heterocycles. The lowest BCUT2D eigenvalue weighted by Crippen LogP contribution is -2.35. The average Bonchev–Trinajstić information content (AvgIpc) is 3.28. The first-order chi connectivity index (χ1) is 10.5. The first kappa shape index (κ1) is 14.5. The number of aryl methyl sites for hydroxylation is 1. The van der Waals surface area contributed by atoms with Crippen molar-refractivity contribution in [3.05, 3.63) is 59.0 Å². The van der Waals surface area contributed by atoms with Gasteiger partial charge in [0.05, 0.1) is 12.6 Å². The maximum atomic E-state index is 13.0. The highest BCUT2D eigenvalue weighted by Gasteiger charge is 2.46. The zero-order chi connectivity index (χ0) is 15.7. The van der Waals surface area contributed by atoms with Crippen molar-refractivity contribution in [2.45, 2.75) is 25.3 Å². The van der Waals surface area contributed by atoms with Crippen LogP contribution in [-0.4, -0.2) is 18.0 Å². The Hall–Kier alpha value is -2.43. The van der Waals surface area contributed by atoms with Crippen LogP contribution in [0.4, 0.5) is 4.39 Å². The Kier molecular flexibility index (Phi) is 3.56. The molecule has 1 aromatic heterocycles. The minimum Gasteiger partial charge on any atom is -0.480 e. The molecule has 3 rings (SSSR count). The van der Waals surface area contributed by atoms with Gasteiger partial charge in [0.15, 0.2) is 0 Å². The van der Waals surface area contributed by atoms with Gasteiger partial charge in [-0.05, 0) is 49.6 Å². The smallest absolute Gasteiger partial charge is 0.257 e. The van der Waals surface area contributed by atoms with Crippen LogP contribution >= 0.6 is 0 Å². The van der Waals surface area contributed by atoms with Crippen molar-refractivity contribution in [2.24, 2.45) is 0 Å². The van der Waals surface area contributed by atoms with Crippen molar-refractivity contribution in [3.63, 3.8) is 0 Å². The number of hydrogen-bond donors (Lipinski definition) is 1. The molecule has 0 bridgehead atoms. The highest BCUT2D eigenvalue weighted by atomic mass is 19.1.